The van der Waals surface area contributed by atoms with Crippen LogP contribution in [0.5, 0.6) is 0 Å². The van der Waals surface area contributed by atoms with Crippen molar-refractivity contribution in [3.8, 4) is 0 Å². The average Bonchev–Trinajstić information content (AvgIpc) is 2.71. The lowest BCUT2D eigenvalue weighted by Gasteiger charge is -2.24. The molecular formula is C22H28N2O3S. The van der Waals surface area contributed by atoms with Crippen LogP contribution in [0.1, 0.15) is 54.0 Å². The fraction of sp³-hybridized carbons (Fsp3) is 0.455. The fourth-order valence-corrected chi connectivity index (χ4v) is 5.82. The summed E-state index contributed by atoms with van der Waals surface area (Å²) in [4.78, 5) is 17.0. The Hall–Kier alpha value is -2.21. The van der Waals surface area contributed by atoms with Gasteiger partial charge < -0.3 is 5.32 Å². The summed E-state index contributed by atoms with van der Waals surface area (Å²) in [7, 11) is -3.69. The Kier molecular flexibility index (Phi) is 6.50. The number of aromatic nitrogens is 1. The van der Waals surface area contributed by atoms with Gasteiger partial charge in [0.1, 0.15) is 5.25 Å². The van der Waals surface area contributed by atoms with Crippen LogP contribution in [0.4, 0.5) is 0 Å². The zero-order valence-electron chi connectivity index (χ0n) is 16.5. The second-order valence-electron chi connectivity index (χ2n) is 7.67. The zero-order valence-corrected chi connectivity index (χ0v) is 17.3. The number of sulfone groups is 1. The molecule has 0 radical (unpaired) electrons. The van der Waals surface area contributed by atoms with Gasteiger partial charge in [-0.3, -0.25) is 9.78 Å². The van der Waals surface area contributed by atoms with E-state index in [0.717, 1.165) is 31.2 Å². The summed E-state index contributed by atoms with van der Waals surface area (Å²) in [6.07, 6.45) is 8.24. The van der Waals surface area contributed by atoms with Gasteiger partial charge in [0.25, 0.3) is 0 Å². The topological polar surface area (TPSA) is 76.1 Å². The Morgan fingerprint density at radius 3 is 2.61 bits per heavy atom. The van der Waals surface area contributed by atoms with Gasteiger partial charge >= 0.3 is 0 Å². The third-order valence-electron chi connectivity index (χ3n) is 5.52. The molecule has 3 rings (SSSR count). The van der Waals surface area contributed by atoms with Gasteiger partial charge in [0.2, 0.25) is 5.91 Å². The molecule has 1 aromatic carbocycles. The van der Waals surface area contributed by atoms with Crippen LogP contribution >= 0.6 is 0 Å². The molecule has 0 unspecified atom stereocenters. The molecule has 150 valence electrons. The van der Waals surface area contributed by atoms with Crippen LogP contribution < -0.4 is 5.32 Å². The summed E-state index contributed by atoms with van der Waals surface area (Å²) in [5.74, 6) is -0.0449. The summed E-state index contributed by atoms with van der Waals surface area (Å²) in [5.41, 5.74) is 2.19. The number of benzene rings is 1. The van der Waals surface area contributed by atoms with E-state index in [4.69, 9.17) is 0 Å². The third kappa shape index (κ3) is 4.61. The first-order valence-electron chi connectivity index (χ1n) is 9.88. The Bertz CT molecular complexity index is 920. The number of carbonyl (C=O) groups excluding carboxylic acids is 1. The van der Waals surface area contributed by atoms with Crippen LogP contribution in [0.3, 0.4) is 0 Å². The number of carbonyl (C=O) groups is 1. The lowest BCUT2D eigenvalue weighted by Crippen LogP contribution is -2.36. The van der Waals surface area contributed by atoms with Crippen molar-refractivity contribution in [2.24, 2.45) is 5.92 Å². The summed E-state index contributed by atoms with van der Waals surface area (Å²) < 4.78 is 27.0. The molecular weight excluding hydrogens is 372 g/mol. The Morgan fingerprint density at radius 1 is 1.18 bits per heavy atom. The van der Waals surface area contributed by atoms with Crippen molar-refractivity contribution in [3.05, 3.63) is 59.4 Å². The standard InChI is InChI=1S/C22H28N2O3S/c1-16-10-11-17(2)20(13-16)28(26,27)21(19-9-6-12-23-14-19)15-24-22(25)18-7-4-3-5-8-18/h6,9-14,18,21H,3-5,7-8,15H2,1-2H3,(H,24,25)/t21-/m0/s1. The number of pyridine rings is 1. The summed E-state index contributed by atoms with van der Waals surface area (Å²) in [5, 5.41) is 2.05. The van der Waals surface area contributed by atoms with Gasteiger partial charge in [-0.05, 0) is 55.5 Å². The number of amides is 1. The number of hydrogen-bond acceptors (Lipinski definition) is 4. The number of nitrogens with one attached hydrogen (secondary N) is 1. The lowest BCUT2D eigenvalue weighted by atomic mass is 9.88. The molecule has 1 aliphatic carbocycles. The molecule has 0 bridgehead atoms. The first-order valence-corrected chi connectivity index (χ1v) is 11.4. The monoisotopic (exact) mass is 400 g/mol. The van der Waals surface area contributed by atoms with Crippen molar-refractivity contribution < 1.29 is 13.2 Å². The average molecular weight is 401 g/mol. The molecule has 1 heterocycles. The molecule has 5 nitrogen and oxygen atoms in total. The Labute approximate surface area is 167 Å². The van der Waals surface area contributed by atoms with E-state index in [1.54, 1.807) is 37.5 Å². The number of nitrogens with zero attached hydrogens (tertiary/aromatic N) is 1. The number of aryl methyl sites for hydroxylation is 2. The van der Waals surface area contributed by atoms with Crippen LogP contribution in [0, 0.1) is 19.8 Å². The number of hydrogen-bond donors (Lipinski definition) is 1. The van der Waals surface area contributed by atoms with Crippen molar-refractivity contribution >= 4 is 15.7 Å². The molecule has 6 heteroatoms. The van der Waals surface area contributed by atoms with Crippen molar-refractivity contribution in [2.75, 3.05) is 6.54 Å². The van der Waals surface area contributed by atoms with Gasteiger partial charge in [0.15, 0.2) is 9.84 Å². The largest absolute Gasteiger partial charge is 0.354 e. The normalized spacial score (nSPS) is 16.5. The van der Waals surface area contributed by atoms with Crippen LogP contribution in [-0.2, 0) is 14.6 Å². The zero-order chi connectivity index (χ0) is 20.1. The predicted molar refractivity (Wildman–Crippen MR) is 110 cm³/mol. The second kappa shape index (κ2) is 8.86. The molecule has 2 aromatic rings. The van der Waals surface area contributed by atoms with Gasteiger partial charge in [-0.25, -0.2) is 8.42 Å². The van der Waals surface area contributed by atoms with Crippen LogP contribution in [0.25, 0.3) is 0 Å². The van der Waals surface area contributed by atoms with E-state index >= 15 is 0 Å². The first kappa shape index (κ1) is 20.5. The summed E-state index contributed by atoms with van der Waals surface area (Å²) in [6.45, 7) is 3.73. The fourth-order valence-electron chi connectivity index (χ4n) is 3.84. The molecule has 1 fully saturated rings. The third-order valence-corrected chi connectivity index (χ3v) is 7.76. The van der Waals surface area contributed by atoms with Crippen molar-refractivity contribution in [1.82, 2.24) is 10.3 Å². The highest BCUT2D eigenvalue weighted by Crippen LogP contribution is 2.31. The highest BCUT2D eigenvalue weighted by Gasteiger charge is 2.32. The summed E-state index contributed by atoms with van der Waals surface area (Å²) >= 11 is 0. The van der Waals surface area contributed by atoms with Gasteiger partial charge in [-0.1, -0.05) is 37.5 Å². The highest BCUT2D eigenvalue weighted by molar-refractivity contribution is 7.91. The predicted octanol–water partition coefficient (Wildman–Crippen LogP) is 3.91. The second-order valence-corrected chi connectivity index (χ2v) is 9.77. The molecule has 1 amide bonds. The molecule has 28 heavy (non-hydrogen) atoms. The van der Waals surface area contributed by atoms with Crippen LogP contribution in [0.15, 0.2) is 47.6 Å². The minimum absolute atomic E-state index is 0.00768. The molecule has 0 aliphatic heterocycles. The maximum Gasteiger partial charge on any atom is 0.223 e. The van der Waals surface area contributed by atoms with Gasteiger partial charge in [-0.2, -0.15) is 0 Å². The Morgan fingerprint density at radius 2 is 1.93 bits per heavy atom. The minimum Gasteiger partial charge on any atom is -0.354 e. The van der Waals surface area contributed by atoms with E-state index in [1.165, 1.54) is 6.42 Å². The number of rotatable bonds is 6. The van der Waals surface area contributed by atoms with Crippen molar-refractivity contribution in [3.63, 3.8) is 0 Å². The SMILES string of the molecule is Cc1ccc(C)c(S(=O)(=O)[C@@H](CNC(=O)C2CCCCC2)c2cccnc2)c1. The molecule has 0 saturated heterocycles. The van der Waals surface area contributed by atoms with Crippen molar-refractivity contribution in [2.45, 2.75) is 56.1 Å². The van der Waals surface area contributed by atoms with Crippen molar-refractivity contribution in [1.29, 1.82) is 0 Å². The maximum atomic E-state index is 13.5. The minimum atomic E-state index is -3.69. The van der Waals surface area contributed by atoms with E-state index in [9.17, 15) is 13.2 Å². The molecule has 1 saturated carbocycles. The van der Waals surface area contributed by atoms with E-state index in [2.05, 4.69) is 10.3 Å². The van der Waals surface area contributed by atoms with E-state index < -0.39 is 15.1 Å². The smallest absolute Gasteiger partial charge is 0.223 e. The quantitative estimate of drug-likeness (QED) is 0.798. The van der Waals surface area contributed by atoms with Gasteiger partial charge in [0, 0.05) is 24.9 Å². The van der Waals surface area contributed by atoms with Crippen LogP contribution in [0.2, 0.25) is 0 Å². The lowest BCUT2D eigenvalue weighted by molar-refractivity contribution is -0.125. The van der Waals surface area contributed by atoms with Crippen LogP contribution in [-0.4, -0.2) is 25.9 Å². The first-order chi connectivity index (χ1) is 13.4. The molecule has 0 spiro atoms. The maximum absolute atomic E-state index is 13.5. The molecule has 1 aromatic heterocycles. The Balaban J connectivity index is 1.89. The molecule has 1 aliphatic rings. The summed E-state index contributed by atoms with van der Waals surface area (Å²) in [6, 6.07) is 8.91. The molecule has 1 atom stereocenters. The van der Waals surface area contributed by atoms with E-state index in [1.807, 2.05) is 19.1 Å². The highest BCUT2D eigenvalue weighted by atomic mass is 32.2. The molecule has 1 N–H and O–H groups in total. The van der Waals surface area contributed by atoms with E-state index in [0.29, 0.717) is 16.0 Å². The van der Waals surface area contributed by atoms with E-state index in [-0.39, 0.29) is 18.4 Å². The van der Waals surface area contributed by atoms with Gasteiger partial charge in [0.05, 0.1) is 4.90 Å². The van der Waals surface area contributed by atoms with Gasteiger partial charge in [-0.15, -0.1) is 0 Å².